The molecule has 0 unspecified atom stereocenters. The van der Waals surface area contributed by atoms with Crippen LogP contribution in [0.15, 0.2) is 284 Å². The Bertz CT molecular complexity index is 3950. The molecule has 2 aromatic heterocycles. The van der Waals surface area contributed by atoms with Crippen molar-refractivity contribution in [2.45, 2.75) is 84.5 Å². The van der Waals surface area contributed by atoms with E-state index < -0.39 is 0 Å². The molecule has 10 aromatic carbocycles. The number of aryl methyl sites for hydroxylation is 3. The van der Waals surface area contributed by atoms with Crippen molar-refractivity contribution in [3.8, 4) is 67.0 Å². The number of unbranched alkanes of at least 4 members (excludes halogenated alkanes) is 6. The van der Waals surface area contributed by atoms with E-state index in [2.05, 4.69) is 290 Å². The fourth-order valence-corrected chi connectivity index (χ4v) is 11.1. The van der Waals surface area contributed by atoms with E-state index in [0.717, 1.165) is 74.8 Å². The second-order valence-corrected chi connectivity index (χ2v) is 22.6. The summed E-state index contributed by atoms with van der Waals surface area (Å²) in [6, 6.07) is 98.8. The molecule has 0 amide bonds. The monoisotopic (exact) mass is 1290 g/mol. The van der Waals surface area contributed by atoms with Gasteiger partial charge in [-0.15, -0.1) is 0 Å². The number of hydrogen-bond donors (Lipinski definition) is 0. The van der Waals surface area contributed by atoms with Gasteiger partial charge < -0.3 is 28.6 Å². The molecule has 12 aromatic rings. The average molecular weight is 1290 g/mol. The van der Waals surface area contributed by atoms with Crippen LogP contribution in [0.2, 0.25) is 0 Å². The van der Waals surface area contributed by atoms with Gasteiger partial charge in [-0.2, -0.15) is 6.42 Å². The van der Waals surface area contributed by atoms with Gasteiger partial charge in [0, 0.05) is 39.6 Å². The molecule has 88 heavy (non-hydrogen) atoms. The van der Waals surface area contributed by atoms with Gasteiger partial charge in [-0.25, -0.2) is 9.97 Å². The minimum absolute atomic E-state index is 0. The number of fused-ring (bicyclic) bond motifs is 2. The molecular weight excluding hydrogens is 1210 g/mol. The van der Waals surface area contributed by atoms with Gasteiger partial charge in [-0.3, -0.25) is 0 Å². The van der Waals surface area contributed by atoms with E-state index >= 15 is 0 Å². The van der Waals surface area contributed by atoms with Gasteiger partial charge in [0.15, 0.2) is 0 Å². The Morgan fingerprint density at radius 2 is 0.670 bits per heavy atom. The summed E-state index contributed by atoms with van der Waals surface area (Å²) < 4.78 is 5.92. The average Bonchev–Trinajstić information content (AvgIpc) is 3.18. The number of halogens is 2. The van der Waals surface area contributed by atoms with Crippen molar-refractivity contribution in [1.82, 2.24) is 9.97 Å². The molecule has 0 aliphatic rings. The molecule has 12 rings (SSSR count). The summed E-state index contributed by atoms with van der Waals surface area (Å²) in [5, 5.41) is 2.31. The number of aromatic nitrogens is 2. The molecule has 0 bridgehead atoms. The van der Waals surface area contributed by atoms with Gasteiger partial charge in [-0.1, -0.05) is 260 Å². The van der Waals surface area contributed by atoms with Crippen LogP contribution in [0.1, 0.15) is 81.9 Å². The molecule has 0 spiro atoms. The van der Waals surface area contributed by atoms with Crippen molar-refractivity contribution in [3.63, 3.8) is 0 Å². The Balaban J connectivity index is 0.000000200. The van der Waals surface area contributed by atoms with Gasteiger partial charge in [0.1, 0.15) is 0 Å². The molecule has 0 aliphatic heterocycles. The van der Waals surface area contributed by atoms with Crippen LogP contribution in [0.25, 0.3) is 88.8 Å². The predicted octanol–water partition coefficient (Wildman–Crippen LogP) is 19.9. The molecule has 0 saturated carbocycles. The van der Waals surface area contributed by atoms with E-state index in [1.807, 2.05) is 26.0 Å². The van der Waals surface area contributed by atoms with Crippen molar-refractivity contribution >= 4 is 60.8 Å². The zero-order chi connectivity index (χ0) is 59.4. The van der Waals surface area contributed by atoms with E-state index in [0.29, 0.717) is 0 Å². The van der Waals surface area contributed by atoms with Crippen molar-refractivity contribution < 1.29 is 21.7 Å². The minimum Gasteiger partial charge on any atom is -1.00 e. The van der Waals surface area contributed by atoms with Crippen molar-refractivity contribution in [3.05, 3.63) is 307 Å². The summed E-state index contributed by atoms with van der Waals surface area (Å²) in [5.74, 6) is 0. The fraction of sp³-hybridized carbons (Fsp3) is 0.183. The Hall–Kier alpha value is -7.29. The van der Waals surface area contributed by atoms with Crippen LogP contribution < -0.4 is 17.0 Å². The summed E-state index contributed by atoms with van der Waals surface area (Å²) >= 11 is 3.56. The summed E-state index contributed by atoms with van der Waals surface area (Å²) in [5.41, 5.74) is 20.4. The van der Waals surface area contributed by atoms with E-state index in [1.165, 1.54) is 119 Å². The number of benzene rings is 10. The second-order valence-electron chi connectivity index (χ2n) is 21.6. The summed E-state index contributed by atoms with van der Waals surface area (Å²) in [6.07, 6.45) is 13.6. The third kappa shape index (κ3) is 21.2. The minimum atomic E-state index is 0. The number of ether oxygens (including phenoxy) is 1. The van der Waals surface area contributed by atoms with Crippen molar-refractivity contribution in [2.24, 2.45) is 0 Å². The first-order chi connectivity index (χ1) is 42.4. The molecule has 3 nitrogen and oxygen atoms in total. The Labute approximate surface area is 559 Å². The first-order valence-corrected chi connectivity index (χ1v) is 31.7. The zero-order valence-electron chi connectivity index (χ0n) is 51.2. The van der Waals surface area contributed by atoms with Crippen LogP contribution in [0, 0.1) is 6.92 Å². The van der Waals surface area contributed by atoms with Gasteiger partial charge in [0.2, 0.25) is 0 Å². The third-order valence-corrected chi connectivity index (χ3v) is 15.8. The first-order valence-electron chi connectivity index (χ1n) is 30.9. The molecule has 0 saturated heterocycles. The van der Waals surface area contributed by atoms with E-state index in [-0.39, 0.29) is 40.0 Å². The SMILES string of the molecule is Brc1cccc(-c2cccc(-c3ccc4cc(-c5ccccc5)ccc4n3)c2)c1.CCOCC.[Br-].[CH2-]CCCCCc1ccccc1.[Mg+2].c1ccc(CCCCCCc2cccc(-c3cccc(-c4ccc5cc(-c6ccccc6)ccc5n4)c3)c2)cc1. The van der Waals surface area contributed by atoms with Crippen molar-refractivity contribution in [2.75, 3.05) is 13.2 Å². The van der Waals surface area contributed by atoms with E-state index in [4.69, 9.17) is 14.7 Å². The standard InChI is InChI=1S/C39H35N.C27H18BrN.C12H17.C4H10O.BrH.Mg/c1(5-13-30-14-7-3-8-15-30)2-6-16-31-17-11-20-33(27-31)34-21-12-22-36(28-34)38-26-24-37-29-35(23-25-39(37)40-38)32-18-9-4-10-19-32;28-25-11-5-9-21(18-25)20-8-4-10-23(16-20)26-15-13-24-17-22(12-14-27(24)29-26)19-6-2-1-3-7-19;1-2-3-4-6-9-12-10-7-5-8-11-12;1-3-5-4-2;;/h3-4,7-12,14-15,17-29H,1-2,5-6,13,16H2;1-18H;5,7-8,10-11H,1-4,6,9H2;3-4H2,1-2H3;1H;/q;;-1;;;+2/p-1. The summed E-state index contributed by atoms with van der Waals surface area (Å²) in [7, 11) is 0. The smallest absolute Gasteiger partial charge is 1.00 e. The molecule has 440 valence electrons. The normalized spacial score (nSPS) is 10.5. The maximum atomic E-state index is 5.02. The quantitative estimate of drug-likeness (QED) is 0.0433. The van der Waals surface area contributed by atoms with Crippen LogP contribution >= 0.6 is 15.9 Å². The number of pyridine rings is 2. The van der Waals surface area contributed by atoms with Gasteiger partial charge in [0.25, 0.3) is 0 Å². The topological polar surface area (TPSA) is 35.0 Å². The van der Waals surface area contributed by atoms with E-state index in [9.17, 15) is 0 Å². The van der Waals surface area contributed by atoms with Gasteiger partial charge >= 0.3 is 23.1 Å². The van der Waals surface area contributed by atoms with Crippen LogP contribution in [-0.4, -0.2) is 46.2 Å². The summed E-state index contributed by atoms with van der Waals surface area (Å²) in [6.45, 7) is 9.50. The molecule has 0 N–H and O–H groups in total. The Morgan fingerprint density at radius 3 is 1.10 bits per heavy atom. The molecule has 0 radical (unpaired) electrons. The second kappa shape index (κ2) is 37.5. The maximum Gasteiger partial charge on any atom is 2.00 e. The Kier molecular flexibility index (Phi) is 29.1. The zero-order valence-corrected chi connectivity index (χ0v) is 55.8. The molecule has 0 aliphatic carbocycles. The molecular formula is C82H80Br2MgN2O. The summed E-state index contributed by atoms with van der Waals surface area (Å²) in [4.78, 5) is 9.94. The van der Waals surface area contributed by atoms with Crippen LogP contribution in [-0.2, 0) is 24.0 Å². The Morgan fingerprint density at radius 1 is 0.318 bits per heavy atom. The number of rotatable bonds is 20. The maximum absolute atomic E-state index is 5.02. The molecule has 0 fully saturated rings. The fourth-order valence-electron chi connectivity index (χ4n) is 10.7. The first kappa shape index (κ1) is 68.2. The van der Waals surface area contributed by atoms with E-state index in [1.54, 1.807) is 0 Å². The third-order valence-electron chi connectivity index (χ3n) is 15.3. The van der Waals surface area contributed by atoms with Crippen LogP contribution in [0.4, 0.5) is 0 Å². The van der Waals surface area contributed by atoms with Gasteiger partial charge in [-0.05, 0) is 174 Å². The molecule has 2 heterocycles. The predicted molar refractivity (Wildman–Crippen MR) is 378 cm³/mol. The molecule has 0 atom stereocenters. The number of nitrogens with zero attached hydrogens (tertiary/aromatic N) is 2. The number of hydrogen-bond acceptors (Lipinski definition) is 3. The van der Waals surface area contributed by atoms with Gasteiger partial charge in [0.05, 0.1) is 22.4 Å². The van der Waals surface area contributed by atoms with Crippen LogP contribution in [0.3, 0.4) is 0 Å². The van der Waals surface area contributed by atoms with Crippen molar-refractivity contribution in [1.29, 1.82) is 0 Å². The molecule has 6 heteroatoms. The van der Waals surface area contributed by atoms with Crippen LogP contribution in [0.5, 0.6) is 0 Å². The largest absolute Gasteiger partial charge is 2.00 e.